The Labute approximate surface area is 125 Å². The summed E-state index contributed by atoms with van der Waals surface area (Å²) in [6.07, 6.45) is -0.237. The second kappa shape index (κ2) is 6.96. The molecule has 6 nitrogen and oxygen atoms in total. The Morgan fingerprint density at radius 3 is 2.90 bits per heavy atom. The molecular formula is C14H14N2O4S. The second-order valence-corrected chi connectivity index (χ2v) is 5.20. The van der Waals surface area contributed by atoms with Crippen molar-refractivity contribution in [3.63, 3.8) is 0 Å². The highest BCUT2D eigenvalue weighted by atomic mass is 32.1. The van der Waals surface area contributed by atoms with Crippen molar-refractivity contribution < 1.29 is 14.8 Å². The highest BCUT2D eigenvalue weighted by molar-refractivity contribution is 7.07. The van der Waals surface area contributed by atoms with Crippen molar-refractivity contribution >= 4 is 22.9 Å². The number of carbonyl (C=O) groups is 1. The predicted octanol–water partition coefficient (Wildman–Crippen LogP) is 2.51. The largest absolute Gasteiger partial charge is 0.388 e. The Bertz CT molecular complexity index is 628. The number of aliphatic hydroxyl groups is 1. The molecule has 0 spiro atoms. The minimum Gasteiger partial charge on any atom is -0.388 e. The van der Waals surface area contributed by atoms with Crippen molar-refractivity contribution in [3.8, 4) is 0 Å². The van der Waals surface area contributed by atoms with Crippen LogP contribution in [0, 0.1) is 10.1 Å². The van der Waals surface area contributed by atoms with Gasteiger partial charge in [0.1, 0.15) is 0 Å². The summed E-state index contributed by atoms with van der Waals surface area (Å²) in [5.41, 5.74) is 0.930. The van der Waals surface area contributed by atoms with Gasteiger partial charge in [0.15, 0.2) is 0 Å². The zero-order valence-electron chi connectivity index (χ0n) is 11.1. The third-order valence-corrected chi connectivity index (χ3v) is 3.65. The van der Waals surface area contributed by atoms with Crippen molar-refractivity contribution in [2.45, 2.75) is 12.5 Å². The molecule has 1 unspecified atom stereocenters. The lowest BCUT2D eigenvalue weighted by atomic mass is 10.1. The molecule has 1 aromatic heterocycles. The van der Waals surface area contributed by atoms with Crippen molar-refractivity contribution in [3.05, 3.63) is 62.3 Å². The van der Waals surface area contributed by atoms with E-state index in [1.165, 1.54) is 35.6 Å². The fourth-order valence-corrected chi connectivity index (χ4v) is 2.52. The SMILES string of the molecule is O=C(NCCC(O)c1ccsc1)c1cccc([N+](=O)[O-])c1. The van der Waals surface area contributed by atoms with E-state index < -0.39 is 16.9 Å². The number of hydrogen-bond donors (Lipinski definition) is 2. The number of non-ortho nitro benzene ring substituents is 1. The molecule has 0 radical (unpaired) electrons. The topological polar surface area (TPSA) is 92.5 Å². The molecule has 0 saturated carbocycles. The number of nitrogens with zero attached hydrogens (tertiary/aromatic N) is 1. The fourth-order valence-electron chi connectivity index (χ4n) is 1.82. The summed E-state index contributed by atoms with van der Waals surface area (Å²) in [4.78, 5) is 22.0. The third-order valence-electron chi connectivity index (χ3n) is 2.95. The van der Waals surface area contributed by atoms with Crippen LogP contribution in [-0.2, 0) is 0 Å². The lowest BCUT2D eigenvalue weighted by molar-refractivity contribution is -0.384. The van der Waals surface area contributed by atoms with E-state index in [0.29, 0.717) is 13.0 Å². The molecule has 2 N–H and O–H groups in total. The molecule has 2 rings (SSSR count). The molecule has 7 heteroatoms. The van der Waals surface area contributed by atoms with E-state index in [-0.39, 0.29) is 11.3 Å². The van der Waals surface area contributed by atoms with Crippen molar-refractivity contribution in [1.29, 1.82) is 0 Å². The zero-order valence-corrected chi connectivity index (χ0v) is 11.9. The molecule has 1 heterocycles. The number of benzene rings is 1. The van der Waals surface area contributed by atoms with E-state index in [9.17, 15) is 20.0 Å². The van der Waals surface area contributed by atoms with Crippen molar-refractivity contribution in [2.24, 2.45) is 0 Å². The fraction of sp³-hybridized carbons (Fsp3) is 0.214. The second-order valence-electron chi connectivity index (χ2n) is 4.42. The smallest absolute Gasteiger partial charge is 0.270 e. The summed E-state index contributed by atoms with van der Waals surface area (Å²) in [5.74, 6) is -0.392. The van der Waals surface area contributed by atoms with Gasteiger partial charge in [-0.15, -0.1) is 0 Å². The molecule has 0 bridgehead atoms. The minimum atomic E-state index is -0.623. The number of nitro benzene ring substituents is 1. The standard InChI is InChI=1S/C14H14N2O4S/c17-13(11-5-7-21-9-11)4-6-15-14(18)10-2-1-3-12(8-10)16(19)20/h1-3,5,7-9,13,17H,4,6H2,(H,15,18). The van der Waals surface area contributed by atoms with Gasteiger partial charge in [0, 0.05) is 24.2 Å². The van der Waals surface area contributed by atoms with Crippen LogP contribution in [0.3, 0.4) is 0 Å². The van der Waals surface area contributed by atoms with Gasteiger partial charge in [-0.05, 0) is 34.9 Å². The molecule has 110 valence electrons. The molecule has 0 saturated heterocycles. The quantitative estimate of drug-likeness (QED) is 0.633. The Hall–Kier alpha value is -2.25. The van der Waals surface area contributed by atoms with Gasteiger partial charge in [-0.1, -0.05) is 6.07 Å². The van der Waals surface area contributed by atoms with Crippen LogP contribution in [0.1, 0.15) is 28.4 Å². The van der Waals surface area contributed by atoms with Gasteiger partial charge in [-0.25, -0.2) is 0 Å². The Morgan fingerprint density at radius 2 is 2.24 bits per heavy atom. The molecule has 2 aromatic rings. The Morgan fingerprint density at radius 1 is 1.43 bits per heavy atom. The van der Waals surface area contributed by atoms with Gasteiger partial charge >= 0.3 is 0 Å². The molecule has 0 aliphatic heterocycles. The van der Waals surface area contributed by atoms with Crippen LogP contribution in [0.15, 0.2) is 41.1 Å². The number of hydrogen-bond acceptors (Lipinski definition) is 5. The predicted molar refractivity (Wildman–Crippen MR) is 79.3 cm³/mol. The van der Waals surface area contributed by atoms with E-state index in [2.05, 4.69) is 5.32 Å². The van der Waals surface area contributed by atoms with Crippen LogP contribution in [0.2, 0.25) is 0 Å². The van der Waals surface area contributed by atoms with Crippen LogP contribution in [0.25, 0.3) is 0 Å². The van der Waals surface area contributed by atoms with Crippen LogP contribution in [-0.4, -0.2) is 22.5 Å². The van der Waals surface area contributed by atoms with Crippen LogP contribution >= 0.6 is 11.3 Å². The Kier molecular flexibility index (Phi) is 5.02. The average Bonchev–Trinajstić information content (AvgIpc) is 3.01. The van der Waals surface area contributed by atoms with Crippen molar-refractivity contribution in [1.82, 2.24) is 5.32 Å². The Balaban J connectivity index is 1.87. The molecule has 1 amide bonds. The lowest BCUT2D eigenvalue weighted by Crippen LogP contribution is -2.25. The van der Waals surface area contributed by atoms with E-state index >= 15 is 0 Å². The highest BCUT2D eigenvalue weighted by Crippen LogP contribution is 2.18. The minimum absolute atomic E-state index is 0.124. The summed E-state index contributed by atoms with van der Waals surface area (Å²) in [6.45, 7) is 0.290. The van der Waals surface area contributed by atoms with E-state index in [4.69, 9.17) is 0 Å². The summed E-state index contributed by atoms with van der Waals surface area (Å²) in [5, 5.41) is 26.9. The van der Waals surface area contributed by atoms with E-state index in [1.54, 1.807) is 0 Å². The normalized spacial score (nSPS) is 11.9. The summed E-state index contributed by atoms with van der Waals surface area (Å²) >= 11 is 1.50. The molecule has 0 aliphatic rings. The maximum atomic E-state index is 11.9. The van der Waals surface area contributed by atoms with Gasteiger partial charge in [0.05, 0.1) is 11.0 Å². The van der Waals surface area contributed by atoms with E-state index in [0.717, 1.165) is 5.56 Å². The molecule has 0 aliphatic carbocycles. The third kappa shape index (κ3) is 4.11. The molecule has 1 aromatic carbocycles. The number of aliphatic hydroxyl groups excluding tert-OH is 1. The monoisotopic (exact) mass is 306 g/mol. The van der Waals surface area contributed by atoms with Gasteiger partial charge in [-0.2, -0.15) is 11.3 Å². The van der Waals surface area contributed by atoms with Crippen LogP contribution in [0.5, 0.6) is 0 Å². The van der Waals surface area contributed by atoms with Crippen LogP contribution < -0.4 is 5.32 Å². The highest BCUT2D eigenvalue weighted by Gasteiger charge is 2.12. The first kappa shape index (κ1) is 15.1. The summed E-state index contributed by atoms with van der Waals surface area (Å²) in [7, 11) is 0. The summed E-state index contributed by atoms with van der Waals surface area (Å²) < 4.78 is 0. The lowest BCUT2D eigenvalue weighted by Gasteiger charge is -2.10. The molecule has 0 fully saturated rings. The number of rotatable bonds is 6. The number of carbonyl (C=O) groups excluding carboxylic acids is 1. The zero-order chi connectivity index (χ0) is 15.2. The first-order valence-corrected chi connectivity index (χ1v) is 7.25. The van der Waals surface area contributed by atoms with Crippen LogP contribution in [0.4, 0.5) is 5.69 Å². The summed E-state index contributed by atoms with van der Waals surface area (Å²) in [6, 6.07) is 7.37. The molecule has 1 atom stereocenters. The molecule has 21 heavy (non-hydrogen) atoms. The number of amides is 1. The van der Waals surface area contributed by atoms with Crippen molar-refractivity contribution in [2.75, 3.05) is 6.54 Å². The number of thiophene rings is 1. The molecular weight excluding hydrogens is 292 g/mol. The van der Waals surface area contributed by atoms with Gasteiger partial charge in [0.25, 0.3) is 11.6 Å². The maximum Gasteiger partial charge on any atom is 0.270 e. The number of nitrogens with one attached hydrogen (secondary N) is 1. The maximum absolute atomic E-state index is 11.9. The number of nitro groups is 1. The first-order chi connectivity index (χ1) is 10.1. The average molecular weight is 306 g/mol. The van der Waals surface area contributed by atoms with Gasteiger partial charge < -0.3 is 10.4 Å². The van der Waals surface area contributed by atoms with E-state index in [1.807, 2.05) is 16.8 Å². The van der Waals surface area contributed by atoms with Gasteiger partial charge in [0.2, 0.25) is 0 Å². The first-order valence-electron chi connectivity index (χ1n) is 6.31. The van der Waals surface area contributed by atoms with Gasteiger partial charge in [-0.3, -0.25) is 14.9 Å².